The summed E-state index contributed by atoms with van der Waals surface area (Å²) < 4.78 is 0. The Bertz CT molecular complexity index is 301. The van der Waals surface area contributed by atoms with Crippen LogP contribution in [0, 0.1) is 11.3 Å². The maximum Gasteiger partial charge on any atom is 0.305 e. The van der Waals surface area contributed by atoms with Gasteiger partial charge in [-0.25, -0.2) is 0 Å². The zero-order valence-corrected chi connectivity index (χ0v) is 11.7. The Morgan fingerprint density at radius 3 is 2.28 bits per heavy atom. The van der Waals surface area contributed by atoms with Gasteiger partial charge in [0.15, 0.2) is 0 Å². The monoisotopic (exact) mass is 255 g/mol. The molecule has 0 aliphatic heterocycles. The zero-order chi connectivity index (χ0) is 13.8. The number of hydrogen-bond acceptors (Lipinski definition) is 2. The molecule has 1 atom stereocenters. The Hall–Kier alpha value is -1.06. The minimum Gasteiger partial charge on any atom is -0.481 e. The molecule has 1 aliphatic carbocycles. The van der Waals surface area contributed by atoms with Crippen molar-refractivity contribution in [3.63, 3.8) is 0 Å². The van der Waals surface area contributed by atoms with E-state index in [9.17, 15) is 9.59 Å². The summed E-state index contributed by atoms with van der Waals surface area (Å²) in [5.74, 6) is -0.366. The summed E-state index contributed by atoms with van der Waals surface area (Å²) in [5.41, 5.74) is -0.232. The highest BCUT2D eigenvalue weighted by molar-refractivity contribution is 5.77. The van der Waals surface area contributed by atoms with Crippen LogP contribution in [0.5, 0.6) is 0 Å². The standard InChI is InChI=1S/C14H25NO3/c1-14(2,3)11(9-13(17)18)15-12(16)8-10-6-4-5-7-10/h10-11H,4-9H2,1-3H3,(H,15,16)(H,17,18). The molecule has 1 rings (SSSR count). The summed E-state index contributed by atoms with van der Waals surface area (Å²) in [4.78, 5) is 22.8. The van der Waals surface area contributed by atoms with Gasteiger partial charge in [0.05, 0.1) is 6.42 Å². The molecule has 104 valence electrons. The van der Waals surface area contributed by atoms with Crippen LogP contribution in [0.3, 0.4) is 0 Å². The fourth-order valence-electron chi connectivity index (χ4n) is 2.48. The third-order valence-corrected chi connectivity index (χ3v) is 3.71. The number of hydrogen-bond donors (Lipinski definition) is 2. The molecule has 1 amide bonds. The number of nitrogens with one attached hydrogen (secondary N) is 1. The van der Waals surface area contributed by atoms with Gasteiger partial charge in [-0.3, -0.25) is 9.59 Å². The molecule has 0 saturated heterocycles. The lowest BCUT2D eigenvalue weighted by Gasteiger charge is -2.30. The molecule has 0 aromatic rings. The summed E-state index contributed by atoms with van der Waals surface area (Å²) in [6.45, 7) is 5.86. The van der Waals surface area contributed by atoms with Gasteiger partial charge in [-0.05, 0) is 24.2 Å². The van der Waals surface area contributed by atoms with Crippen LogP contribution >= 0.6 is 0 Å². The van der Waals surface area contributed by atoms with Crippen LogP contribution in [0.1, 0.15) is 59.3 Å². The van der Waals surface area contributed by atoms with Crippen molar-refractivity contribution in [3.8, 4) is 0 Å². The molecule has 0 radical (unpaired) electrons. The average Bonchev–Trinajstić information content (AvgIpc) is 2.67. The van der Waals surface area contributed by atoms with E-state index in [0.717, 1.165) is 12.8 Å². The number of carboxylic acids is 1. The van der Waals surface area contributed by atoms with Crippen molar-refractivity contribution >= 4 is 11.9 Å². The Morgan fingerprint density at radius 1 is 1.28 bits per heavy atom. The van der Waals surface area contributed by atoms with Crippen LogP contribution in [0.4, 0.5) is 0 Å². The first-order chi connectivity index (χ1) is 8.29. The van der Waals surface area contributed by atoms with Gasteiger partial charge in [0.2, 0.25) is 5.91 Å². The number of carbonyl (C=O) groups is 2. The highest BCUT2D eigenvalue weighted by Crippen LogP contribution is 2.28. The largest absolute Gasteiger partial charge is 0.481 e. The van der Waals surface area contributed by atoms with Crippen molar-refractivity contribution in [2.24, 2.45) is 11.3 Å². The Balaban J connectivity index is 2.48. The van der Waals surface area contributed by atoms with Crippen molar-refractivity contribution < 1.29 is 14.7 Å². The van der Waals surface area contributed by atoms with Crippen molar-refractivity contribution in [2.45, 2.75) is 65.3 Å². The van der Waals surface area contributed by atoms with Crippen LogP contribution in [-0.4, -0.2) is 23.0 Å². The Labute approximate surface area is 109 Å². The second-order valence-corrected chi connectivity index (χ2v) is 6.44. The lowest BCUT2D eigenvalue weighted by molar-refractivity contribution is -0.138. The fraction of sp³-hybridized carbons (Fsp3) is 0.857. The van der Waals surface area contributed by atoms with Gasteiger partial charge < -0.3 is 10.4 Å². The first-order valence-electron chi connectivity index (χ1n) is 6.80. The second-order valence-electron chi connectivity index (χ2n) is 6.44. The molecule has 0 spiro atoms. The van der Waals surface area contributed by atoms with Crippen LogP contribution < -0.4 is 5.32 Å². The molecule has 1 unspecified atom stereocenters. The van der Waals surface area contributed by atoms with Crippen molar-refractivity contribution in [3.05, 3.63) is 0 Å². The molecular formula is C14H25NO3. The van der Waals surface area contributed by atoms with Gasteiger partial charge in [0, 0.05) is 12.5 Å². The predicted octanol–water partition coefficient (Wildman–Crippen LogP) is 2.57. The summed E-state index contributed by atoms with van der Waals surface area (Å²) in [7, 11) is 0. The molecule has 4 nitrogen and oxygen atoms in total. The highest BCUT2D eigenvalue weighted by atomic mass is 16.4. The van der Waals surface area contributed by atoms with Crippen LogP contribution in [0.25, 0.3) is 0 Å². The summed E-state index contributed by atoms with van der Waals surface area (Å²) in [6, 6.07) is -0.302. The summed E-state index contributed by atoms with van der Waals surface area (Å²) in [6.07, 6.45) is 5.23. The van der Waals surface area contributed by atoms with Gasteiger partial charge in [-0.1, -0.05) is 33.6 Å². The summed E-state index contributed by atoms with van der Waals surface area (Å²) in [5, 5.41) is 11.8. The maximum absolute atomic E-state index is 11.9. The van der Waals surface area contributed by atoms with E-state index in [-0.39, 0.29) is 23.8 Å². The fourth-order valence-corrected chi connectivity index (χ4v) is 2.48. The van der Waals surface area contributed by atoms with E-state index in [1.807, 2.05) is 20.8 Å². The van der Waals surface area contributed by atoms with Crippen molar-refractivity contribution in [1.82, 2.24) is 5.32 Å². The third kappa shape index (κ3) is 5.07. The summed E-state index contributed by atoms with van der Waals surface area (Å²) >= 11 is 0. The van der Waals surface area contributed by atoms with E-state index >= 15 is 0 Å². The topological polar surface area (TPSA) is 66.4 Å². The molecule has 0 aromatic carbocycles. The van der Waals surface area contributed by atoms with Gasteiger partial charge in [0.1, 0.15) is 0 Å². The second kappa shape index (κ2) is 6.21. The lowest BCUT2D eigenvalue weighted by atomic mass is 9.84. The van der Waals surface area contributed by atoms with E-state index in [4.69, 9.17) is 5.11 Å². The van der Waals surface area contributed by atoms with Crippen molar-refractivity contribution in [2.75, 3.05) is 0 Å². The van der Waals surface area contributed by atoms with Gasteiger partial charge in [-0.2, -0.15) is 0 Å². The molecule has 0 bridgehead atoms. The number of carbonyl (C=O) groups excluding carboxylic acids is 1. The number of carboxylic acid groups (broad SMARTS) is 1. The first kappa shape index (κ1) is 15.0. The van der Waals surface area contributed by atoms with Gasteiger partial charge in [0.25, 0.3) is 0 Å². The Morgan fingerprint density at radius 2 is 1.83 bits per heavy atom. The normalized spacial score (nSPS) is 18.6. The first-order valence-corrected chi connectivity index (χ1v) is 6.80. The van der Waals surface area contributed by atoms with E-state index in [1.54, 1.807) is 0 Å². The molecule has 0 heterocycles. The number of aliphatic carboxylic acids is 1. The minimum absolute atomic E-state index is 0.00285. The maximum atomic E-state index is 11.9. The highest BCUT2D eigenvalue weighted by Gasteiger charge is 2.29. The Kier molecular flexibility index (Phi) is 5.17. The van der Waals surface area contributed by atoms with E-state index in [0.29, 0.717) is 12.3 Å². The van der Waals surface area contributed by atoms with Crippen molar-refractivity contribution in [1.29, 1.82) is 0 Å². The lowest BCUT2D eigenvalue weighted by Crippen LogP contribution is -2.45. The molecule has 18 heavy (non-hydrogen) atoms. The van der Waals surface area contributed by atoms with Gasteiger partial charge >= 0.3 is 5.97 Å². The van der Waals surface area contributed by atoms with Gasteiger partial charge in [-0.15, -0.1) is 0 Å². The van der Waals surface area contributed by atoms with Crippen LogP contribution in [-0.2, 0) is 9.59 Å². The van der Waals surface area contributed by atoms with E-state index < -0.39 is 5.97 Å². The smallest absolute Gasteiger partial charge is 0.305 e. The SMILES string of the molecule is CC(C)(C)C(CC(=O)O)NC(=O)CC1CCCC1. The molecule has 1 saturated carbocycles. The predicted molar refractivity (Wildman–Crippen MR) is 70.2 cm³/mol. The molecule has 1 aliphatic rings. The third-order valence-electron chi connectivity index (χ3n) is 3.71. The van der Waals surface area contributed by atoms with E-state index in [1.165, 1.54) is 12.8 Å². The van der Waals surface area contributed by atoms with Crippen LogP contribution in [0.15, 0.2) is 0 Å². The molecule has 2 N–H and O–H groups in total. The molecule has 4 heteroatoms. The quantitative estimate of drug-likeness (QED) is 0.793. The molecule has 1 fully saturated rings. The molecule has 0 aromatic heterocycles. The van der Waals surface area contributed by atoms with E-state index in [2.05, 4.69) is 5.32 Å². The average molecular weight is 255 g/mol. The minimum atomic E-state index is -0.865. The zero-order valence-electron chi connectivity index (χ0n) is 11.7. The number of rotatable bonds is 5. The number of amides is 1. The van der Waals surface area contributed by atoms with Crippen LogP contribution in [0.2, 0.25) is 0 Å². The molecular weight excluding hydrogens is 230 g/mol.